The summed E-state index contributed by atoms with van der Waals surface area (Å²) in [5, 5.41) is 8.85. The Hall–Kier alpha value is -2.54. The zero-order valence-electron chi connectivity index (χ0n) is 13.1. The van der Waals surface area contributed by atoms with Gasteiger partial charge in [-0.3, -0.25) is 9.78 Å². The number of pyridine rings is 1. The van der Waals surface area contributed by atoms with Crippen LogP contribution in [0.2, 0.25) is 0 Å². The Morgan fingerprint density at radius 3 is 2.92 bits per heavy atom. The third kappa shape index (κ3) is 4.48. The van der Waals surface area contributed by atoms with Gasteiger partial charge in [0.1, 0.15) is 5.69 Å². The van der Waals surface area contributed by atoms with Crippen LogP contribution in [-0.4, -0.2) is 27.6 Å². The highest BCUT2D eigenvalue weighted by Gasteiger charge is 2.09. The standard InChI is InChI=1S/C17H18N4O2S/c22-17(13-7-3-5-10-18-13)19-11-4-1-2-9-15-20-16(21-23-15)14-8-6-12-24-14/h3,5-8,10,12H,1-2,4,9,11H2,(H,19,22). The number of thiophene rings is 1. The van der Waals surface area contributed by atoms with Gasteiger partial charge in [0.05, 0.1) is 4.88 Å². The van der Waals surface area contributed by atoms with Gasteiger partial charge in [-0.25, -0.2) is 0 Å². The van der Waals surface area contributed by atoms with E-state index in [1.165, 1.54) is 0 Å². The molecule has 3 heterocycles. The fourth-order valence-corrected chi connectivity index (χ4v) is 2.88. The van der Waals surface area contributed by atoms with E-state index in [-0.39, 0.29) is 5.91 Å². The minimum absolute atomic E-state index is 0.131. The van der Waals surface area contributed by atoms with Crippen LogP contribution in [0.4, 0.5) is 0 Å². The van der Waals surface area contributed by atoms with Crippen molar-refractivity contribution < 1.29 is 9.32 Å². The van der Waals surface area contributed by atoms with Crippen LogP contribution in [0, 0.1) is 0 Å². The first-order valence-corrected chi connectivity index (χ1v) is 8.76. The van der Waals surface area contributed by atoms with Crippen molar-refractivity contribution in [2.45, 2.75) is 25.7 Å². The maximum atomic E-state index is 11.8. The molecule has 3 aromatic rings. The van der Waals surface area contributed by atoms with Crippen LogP contribution in [0.25, 0.3) is 10.7 Å². The van der Waals surface area contributed by atoms with Gasteiger partial charge in [-0.2, -0.15) is 4.98 Å². The van der Waals surface area contributed by atoms with Crippen LogP contribution < -0.4 is 5.32 Å². The minimum atomic E-state index is -0.131. The van der Waals surface area contributed by atoms with Crippen LogP contribution in [0.15, 0.2) is 46.4 Å². The largest absolute Gasteiger partial charge is 0.351 e. The molecule has 0 atom stereocenters. The van der Waals surface area contributed by atoms with Crippen LogP contribution >= 0.6 is 11.3 Å². The molecule has 3 rings (SSSR count). The SMILES string of the molecule is O=C(NCCCCCc1nc(-c2cccs2)no1)c1ccccn1. The van der Waals surface area contributed by atoms with Crippen molar-refractivity contribution >= 4 is 17.2 Å². The van der Waals surface area contributed by atoms with E-state index in [9.17, 15) is 4.79 Å². The third-order valence-corrected chi connectivity index (χ3v) is 4.33. The molecule has 0 bridgehead atoms. The predicted octanol–water partition coefficient (Wildman–Crippen LogP) is 3.34. The lowest BCUT2D eigenvalue weighted by molar-refractivity contribution is 0.0948. The van der Waals surface area contributed by atoms with E-state index in [1.807, 2.05) is 17.5 Å². The zero-order valence-corrected chi connectivity index (χ0v) is 14.0. The van der Waals surface area contributed by atoms with Crippen LogP contribution in [0.3, 0.4) is 0 Å². The van der Waals surface area contributed by atoms with Gasteiger partial charge in [-0.15, -0.1) is 11.3 Å². The summed E-state index contributed by atoms with van der Waals surface area (Å²) in [6.45, 7) is 0.639. The monoisotopic (exact) mass is 342 g/mol. The molecule has 3 aromatic heterocycles. The first-order valence-electron chi connectivity index (χ1n) is 7.88. The van der Waals surface area contributed by atoms with E-state index in [1.54, 1.807) is 35.7 Å². The van der Waals surface area contributed by atoms with E-state index >= 15 is 0 Å². The first kappa shape index (κ1) is 16.3. The summed E-state index contributed by atoms with van der Waals surface area (Å²) in [6, 6.07) is 9.24. The van der Waals surface area contributed by atoms with E-state index in [4.69, 9.17) is 4.52 Å². The molecule has 6 nitrogen and oxygen atoms in total. The maximum Gasteiger partial charge on any atom is 0.269 e. The second-order valence-electron chi connectivity index (χ2n) is 5.27. The summed E-state index contributed by atoms with van der Waals surface area (Å²) >= 11 is 1.59. The van der Waals surface area contributed by atoms with Gasteiger partial charge in [-0.1, -0.05) is 23.7 Å². The van der Waals surface area contributed by atoms with Gasteiger partial charge in [0.2, 0.25) is 11.7 Å². The molecule has 0 aliphatic carbocycles. The number of aryl methyl sites for hydroxylation is 1. The molecular weight excluding hydrogens is 324 g/mol. The molecule has 1 N–H and O–H groups in total. The van der Waals surface area contributed by atoms with Gasteiger partial charge in [-0.05, 0) is 36.4 Å². The Bertz CT molecular complexity index is 756. The Morgan fingerprint density at radius 1 is 1.17 bits per heavy atom. The second-order valence-corrected chi connectivity index (χ2v) is 6.22. The number of unbranched alkanes of at least 4 members (excludes halogenated alkanes) is 2. The molecule has 7 heteroatoms. The van der Waals surface area contributed by atoms with Gasteiger partial charge < -0.3 is 9.84 Å². The highest BCUT2D eigenvalue weighted by molar-refractivity contribution is 7.13. The van der Waals surface area contributed by atoms with Gasteiger partial charge >= 0.3 is 0 Å². The van der Waals surface area contributed by atoms with Gasteiger partial charge in [0, 0.05) is 19.2 Å². The maximum absolute atomic E-state index is 11.8. The molecule has 0 spiro atoms. The number of nitrogens with one attached hydrogen (secondary N) is 1. The summed E-state index contributed by atoms with van der Waals surface area (Å²) < 4.78 is 5.26. The smallest absolute Gasteiger partial charge is 0.269 e. The Labute approximate surface area is 143 Å². The lowest BCUT2D eigenvalue weighted by Gasteiger charge is -2.03. The molecule has 0 aliphatic heterocycles. The fourth-order valence-electron chi connectivity index (χ4n) is 2.23. The Kier molecular flexibility index (Phi) is 5.68. The van der Waals surface area contributed by atoms with Crippen molar-refractivity contribution in [1.82, 2.24) is 20.4 Å². The average Bonchev–Trinajstić information content (AvgIpc) is 3.29. The first-order chi connectivity index (χ1) is 11.8. The summed E-state index contributed by atoms with van der Waals surface area (Å²) in [6.07, 6.45) is 5.21. The Morgan fingerprint density at radius 2 is 2.12 bits per heavy atom. The van der Waals surface area contributed by atoms with E-state index in [0.717, 1.165) is 30.6 Å². The number of hydrogen-bond acceptors (Lipinski definition) is 6. The number of carbonyl (C=O) groups is 1. The van der Waals surface area contributed by atoms with Gasteiger partial charge in [0.15, 0.2) is 0 Å². The predicted molar refractivity (Wildman–Crippen MR) is 91.7 cm³/mol. The van der Waals surface area contributed by atoms with Crippen LogP contribution in [0.1, 0.15) is 35.6 Å². The molecule has 0 saturated carbocycles. The Balaban J connectivity index is 1.32. The molecule has 0 aromatic carbocycles. The van der Waals surface area contributed by atoms with Crippen molar-refractivity contribution in [3.05, 3.63) is 53.5 Å². The van der Waals surface area contributed by atoms with Crippen molar-refractivity contribution in [1.29, 1.82) is 0 Å². The summed E-state index contributed by atoms with van der Waals surface area (Å²) in [5.74, 6) is 1.19. The normalized spacial score (nSPS) is 10.7. The summed E-state index contributed by atoms with van der Waals surface area (Å²) in [5.41, 5.74) is 0.449. The molecule has 24 heavy (non-hydrogen) atoms. The van der Waals surface area contributed by atoms with Gasteiger partial charge in [0.25, 0.3) is 5.91 Å². The quantitative estimate of drug-likeness (QED) is 0.635. The van der Waals surface area contributed by atoms with Crippen molar-refractivity contribution in [3.63, 3.8) is 0 Å². The van der Waals surface area contributed by atoms with E-state index in [2.05, 4.69) is 20.4 Å². The molecule has 124 valence electrons. The number of rotatable bonds is 8. The third-order valence-electron chi connectivity index (χ3n) is 3.46. The highest BCUT2D eigenvalue weighted by atomic mass is 32.1. The molecule has 0 fully saturated rings. The molecule has 0 saturated heterocycles. The van der Waals surface area contributed by atoms with Crippen molar-refractivity contribution in [3.8, 4) is 10.7 Å². The number of amides is 1. The van der Waals surface area contributed by atoms with Crippen molar-refractivity contribution in [2.24, 2.45) is 0 Å². The molecule has 0 radical (unpaired) electrons. The molecule has 1 amide bonds. The average molecular weight is 342 g/mol. The zero-order chi connectivity index (χ0) is 16.6. The second kappa shape index (κ2) is 8.35. The molecular formula is C17H18N4O2S. The van der Waals surface area contributed by atoms with Crippen LogP contribution in [-0.2, 0) is 6.42 Å². The number of nitrogens with zero attached hydrogens (tertiary/aromatic N) is 3. The highest BCUT2D eigenvalue weighted by Crippen LogP contribution is 2.21. The lowest BCUT2D eigenvalue weighted by Crippen LogP contribution is -2.25. The summed E-state index contributed by atoms with van der Waals surface area (Å²) in [7, 11) is 0. The van der Waals surface area contributed by atoms with Crippen molar-refractivity contribution in [2.75, 3.05) is 6.54 Å². The van der Waals surface area contributed by atoms with Crippen LogP contribution in [0.5, 0.6) is 0 Å². The number of carbonyl (C=O) groups excluding carboxylic acids is 1. The van der Waals surface area contributed by atoms with E-state index < -0.39 is 0 Å². The molecule has 0 unspecified atom stereocenters. The lowest BCUT2D eigenvalue weighted by atomic mass is 10.2. The minimum Gasteiger partial charge on any atom is -0.351 e. The van der Waals surface area contributed by atoms with E-state index in [0.29, 0.717) is 24.0 Å². The number of hydrogen-bond donors (Lipinski definition) is 1. The number of aromatic nitrogens is 3. The summed E-state index contributed by atoms with van der Waals surface area (Å²) in [4.78, 5) is 21.2. The topological polar surface area (TPSA) is 80.9 Å². The fraction of sp³-hybridized carbons (Fsp3) is 0.294. The molecule has 0 aliphatic rings.